The monoisotopic (exact) mass is 532 g/mol. The molecule has 1 aliphatic rings. The number of ether oxygens (including phenoxy) is 5. The lowest BCUT2D eigenvalue weighted by Gasteiger charge is -2.39. The van der Waals surface area contributed by atoms with Gasteiger partial charge < -0.3 is 23.7 Å². The van der Waals surface area contributed by atoms with E-state index in [-0.39, 0.29) is 11.1 Å². The number of hydrogen-bond acceptors (Lipinski definition) is 9. The molecule has 0 bridgehead atoms. The molecule has 4 rings (SSSR count). The first kappa shape index (κ1) is 27.7. The maximum Gasteiger partial charge on any atom is 0.338 e. The summed E-state index contributed by atoms with van der Waals surface area (Å²) in [5.41, 5.74) is 0.696. The van der Waals surface area contributed by atoms with Crippen molar-refractivity contribution in [2.24, 2.45) is 0 Å². The minimum atomic E-state index is -1.59. The highest BCUT2D eigenvalue weighted by atomic mass is 16.7. The summed E-state index contributed by atoms with van der Waals surface area (Å²) in [4.78, 5) is 52.1. The second-order valence-electron chi connectivity index (χ2n) is 8.99. The number of esters is 3. The molecule has 202 valence electrons. The van der Waals surface area contributed by atoms with Crippen LogP contribution >= 0.6 is 0 Å². The topological polar surface area (TPSA) is 114 Å². The van der Waals surface area contributed by atoms with Crippen LogP contribution in [-0.4, -0.2) is 61.0 Å². The van der Waals surface area contributed by atoms with Crippen LogP contribution in [0.15, 0.2) is 91.0 Å². The lowest BCUT2D eigenvalue weighted by atomic mass is 9.99. The van der Waals surface area contributed by atoms with E-state index in [4.69, 9.17) is 23.7 Å². The molecule has 0 N–H and O–H groups in total. The number of ketones is 1. The number of Topliss-reactive ketones (excluding diaryl/α,β-unsaturated/α-hetero) is 1. The molecule has 39 heavy (non-hydrogen) atoms. The molecular weight excluding hydrogens is 504 g/mol. The van der Waals surface area contributed by atoms with E-state index < -0.39 is 61.0 Å². The van der Waals surface area contributed by atoms with Crippen LogP contribution in [0, 0.1) is 0 Å². The lowest BCUT2D eigenvalue weighted by Crippen LogP contribution is -2.60. The molecule has 1 saturated heterocycles. The largest absolute Gasteiger partial charge is 0.459 e. The smallest absolute Gasteiger partial charge is 0.338 e. The molecule has 0 saturated carbocycles. The van der Waals surface area contributed by atoms with Gasteiger partial charge in [0, 0.05) is 0 Å². The van der Waals surface area contributed by atoms with Gasteiger partial charge >= 0.3 is 17.9 Å². The summed E-state index contributed by atoms with van der Waals surface area (Å²) < 4.78 is 28.2. The molecule has 0 aromatic heterocycles. The minimum absolute atomic E-state index is 0.193. The average molecular weight is 533 g/mol. The van der Waals surface area contributed by atoms with Crippen molar-refractivity contribution in [3.8, 4) is 0 Å². The van der Waals surface area contributed by atoms with Gasteiger partial charge in [0.1, 0.15) is 12.7 Å². The number of carbonyl (C=O) groups is 4. The molecule has 1 aliphatic heterocycles. The third kappa shape index (κ3) is 7.16. The highest BCUT2D eigenvalue weighted by Gasteiger charge is 2.51. The van der Waals surface area contributed by atoms with Gasteiger partial charge in [-0.2, -0.15) is 0 Å². The fourth-order valence-corrected chi connectivity index (χ4v) is 3.88. The van der Waals surface area contributed by atoms with Crippen molar-refractivity contribution in [3.05, 3.63) is 108 Å². The summed E-state index contributed by atoms with van der Waals surface area (Å²) in [5, 5.41) is 0. The second-order valence-corrected chi connectivity index (χ2v) is 8.99. The van der Waals surface area contributed by atoms with Gasteiger partial charge in [0.2, 0.25) is 18.2 Å². The van der Waals surface area contributed by atoms with Gasteiger partial charge in [0.25, 0.3) is 0 Å². The van der Waals surface area contributed by atoms with E-state index in [2.05, 4.69) is 0 Å². The molecule has 0 spiro atoms. The summed E-state index contributed by atoms with van der Waals surface area (Å²) >= 11 is 0. The number of carbonyl (C=O) groups excluding carboxylic acids is 4. The van der Waals surface area contributed by atoms with E-state index in [0.29, 0.717) is 5.56 Å². The van der Waals surface area contributed by atoms with Gasteiger partial charge in [-0.15, -0.1) is 0 Å². The Morgan fingerprint density at radius 1 is 0.718 bits per heavy atom. The quantitative estimate of drug-likeness (QED) is 0.298. The maximum atomic E-state index is 13.4. The molecule has 3 aromatic rings. The molecule has 0 amide bonds. The van der Waals surface area contributed by atoms with E-state index in [0.717, 1.165) is 0 Å². The molecule has 0 radical (unpaired) electrons. The van der Waals surface area contributed by atoms with Crippen molar-refractivity contribution in [3.63, 3.8) is 0 Å². The summed E-state index contributed by atoms with van der Waals surface area (Å²) in [6.45, 7) is 2.99. The van der Waals surface area contributed by atoms with Crippen LogP contribution in [-0.2, 0) is 28.5 Å². The molecule has 9 heteroatoms. The van der Waals surface area contributed by atoms with E-state index in [1.165, 1.54) is 24.3 Å². The zero-order chi connectivity index (χ0) is 27.8. The Morgan fingerprint density at radius 3 is 1.67 bits per heavy atom. The summed E-state index contributed by atoms with van der Waals surface area (Å²) in [5.74, 6) is -2.98. The van der Waals surface area contributed by atoms with Gasteiger partial charge in [0.15, 0.2) is 6.10 Å². The van der Waals surface area contributed by atoms with Crippen LogP contribution in [0.25, 0.3) is 0 Å². The number of rotatable bonds is 9. The third-order valence-corrected chi connectivity index (χ3v) is 5.76. The Labute approximate surface area is 225 Å². The van der Waals surface area contributed by atoms with Gasteiger partial charge in [-0.3, -0.25) is 4.79 Å². The molecule has 0 aliphatic carbocycles. The summed E-state index contributed by atoms with van der Waals surface area (Å²) in [7, 11) is 0. The summed E-state index contributed by atoms with van der Waals surface area (Å²) in [6.07, 6.45) is -6.11. The Balaban J connectivity index is 1.64. The zero-order valence-electron chi connectivity index (χ0n) is 21.4. The Morgan fingerprint density at radius 2 is 1.18 bits per heavy atom. The van der Waals surface area contributed by atoms with Crippen LogP contribution < -0.4 is 0 Å². The van der Waals surface area contributed by atoms with Crippen molar-refractivity contribution in [1.29, 1.82) is 0 Å². The molecule has 3 aromatic carbocycles. The van der Waals surface area contributed by atoms with Crippen LogP contribution in [0.2, 0.25) is 0 Å². The van der Waals surface area contributed by atoms with Crippen molar-refractivity contribution >= 4 is 23.7 Å². The van der Waals surface area contributed by atoms with E-state index in [1.807, 2.05) is 0 Å². The maximum absolute atomic E-state index is 13.4. The minimum Gasteiger partial charge on any atom is -0.459 e. The first-order valence-electron chi connectivity index (χ1n) is 12.4. The van der Waals surface area contributed by atoms with Gasteiger partial charge in [-0.05, 0) is 50.2 Å². The van der Waals surface area contributed by atoms with Gasteiger partial charge in [0.05, 0.1) is 22.8 Å². The second kappa shape index (κ2) is 12.9. The highest BCUT2D eigenvalue weighted by Crippen LogP contribution is 2.27. The van der Waals surface area contributed by atoms with Crippen molar-refractivity contribution < 1.29 is 42.9 Å². The van der Waals surface area contributed by atoms with Gasteiger partial charge in [-0.1, -0.05) is 54.6 Å². The van der Waals surface area contributed by atoms with E-state index in [9.17, 15) is 19.2 Å². The Bertz CT molecular complexity index is 1280. The normalized spacial score (nSPS) is 20.7. The number of hydrogen-bond donors (Lipinski definition) is 0. The van der Waals surface area contributed by atoms with Crippen molar-refractivity contribution in [1.82, 2.24) is 0 Å². The van der Waals surface area contributed by atoms with E-state index >= 15 is 0 Å². The molecule has 0 unspecified atom stereocenters. The first-order chi connectivity index (χ1) is 18.8. The molecular formula is C30H28O9. The van der Waals surface area contributed by atoms with Crippen LogP contribution in [0.1, 0.15) is 44.9 Å². The van der Waals surface area contributed by atoms with Gasteiger partial charge in [-0.25, -0.2) is 14.4 Å². The molecule has 1 heterocycles. The fraction of sp³-hybridized carbons (Fsp3) is 0.267. The van der Waals surface area contributed by atoms with Crippen molar-refractivity contribution in [2.45, 2.75) is 44.6 Å². The molecule has 4 atom stereocenters. The van der Waals surface area contributed by atoms with Crippen LogP contribution in [0.4, 0.5) is 0 Å². The first-order valence-corrected chi connectivity index (χ1v) is 12.4. The third-order valence-electron chi connectivity index (χ3n) is 5.76. The average Bonchev–Trinajstić information content (AvgIpc) is 2.96. The number of benzene rings is 3. The summed E-state index contributed by atoms with van der Waals surface area (Å²) in [6, 6.07) is 24.4. The molecule has 9 nitrogen and oxygen atoms in total. The highest BCUT2D eigenvalue weighted by molar-refractivity contribution is 5.95. The fourth-order valence-electron chi connectivity index (χ4n) is 3.88. The SMILES string of the molecule is CC(C)O[C@@H]1O[C@H](COC(=O)c2ccccc2)[C@@H](OC(=O)c2ccccc2)[C@H](OC(=O)c2ccccc2)C1=O. The van der Waals surface area contributed by atoms with Crippen molar-refractivity contribution in [2.75, 3.05) is 6.61 Å². The van der Waals surface area contributed by atoms with Crippen LogP contribution in [0.5, 0.6) is 0 Å². The molecule has 1 fully saturated rings. The lowest BCUT2D eigenvalue weighted by molar-refractivity contribution is -0.246. The predicted molar refractivity (Wildman–Crippen MR) is 138 cm³/mol. The zero-order valence-corrected chi connectivity index (χ0v) is 21.4. The Kier molecular flexibility index (Phi) is 9.19. The van der Waals surface area contributed by atoms with E-state index in [1.54, 1.807) is 80.6 Å². The predicted octanol–water partition coefficient (Wildman–Crippen LogP) is 4.01. The van der Waals surface area contributed by atoms with Crippen LogP contribution in [0.3, 0.4) is 0 Å². The standard InChI is InChI=1S/C30H28O9/c1-19(2)36-30-24(31)26(39-29(34)22-16-10-5-11-17-22)25(38-28(33)21-14-8-4-9-15-21)23(37-30)18-35-27(32)20-12-6-3-7-13-20/h3-17,19,23,25-26,30H,18H2,1-2H3/t23-,25-,26-,30-/m1/s1. The Hall–Kier alpha value is -4.34.